The first kappa shape index (κ1) is 10.7. The van der Waals surface area contributed by atoms with Crippen molar-refractivity contribution < 1.29 is 19.2 Å². The lowest BCUT2D eigenvalue weighted by Gasteiger charge is -2.09. The third kappa shape index (κ3) is 2.62. The number of carboxylic acid groups (broad SMARTS) is 1. The standard InChI is InChI=1S/C9H14N4O3/c14-9(15)10-8-7-13(11-16-8)12-5-3-1-2-4-6-12/h7H,1-6H2,(H-,10,11,14,15). The van der Waals surface area contributed by atoms with Crippen LogP contribution in [0.3, 0.4) is 0 Å². The van der Waals surface area contributed by atoms with Gasteiger partial charge in [-0.05, 0) is 12.8 Å². The third-order valence-corrected chi connectivity index (χ3v) is 2.52. The third-order valence-electron chi connectivity index (χ3n) is 2.52. The lowest BCUT2D eigenvalue weighted by molar-refractivity contribution is -0.758. The van der Waals surface area contributed by atoms with E-state index in [9.17, 15) is 4.79 Å². The predicted molar refractivity (Wildman–Crippen MR) is 54.2 cm³/mol. The first-order chi connectivity index (χ1) is 7.75. The molecule has 0 saturated carbocycles. The van der Waals surface area contributed by atoms with E-state index < -0.39 is 6.09 Å². The number of amides is 1. The van der Waals surface area contributed by atoms with Gasteiger partial charge >= 0.3 is 0 Å². The van der Waals surface area contributed by atoms with Crippen LogP contribution < -0.4 is 9.80 Å². The Bertz CT molecular complexity index is 357. The second-order valence-corrected chi connectivity index (χ2v) is 3.72. The Morgan fingerprint density at radius 3 is 2.75 bits per heavy atom. The Kier molecular flexibility index (Phi) is 3.23. The predicted octanol–water partition coefficient (Wildman–Crippen LogP) is 1.16. The van der Waals surface area contributed by atoms with Crippen LogP contribution >= 0.6 is 0 Å². The van der Waals surface area contributed by atoms with E-state index in [0.29, 0.717) is 0 Å². The van der Waals surface area contributed by atoms with Crippen molar-refractivity contribution in [2.75, 3.05) is 18.1 Å². The Hall–Kier alpha value is -1.79. The molecule has 1 aliphatic rings. The van der Waals surface area contributed by atoms with Crippen LogP contribution in [0.4, 0.5) is 10.7 Å². The van der Waals surface area contributed by atoms with Gasteiger partial charge in [-0.3, -0.25) is 4.79 Å². The van der Waals surface area contributed by atoms with E-state index >= 15 is 0 Å². The van der Waals surface area contributed by atoms with Crippen molar-refractivity contribution >= 4 is 12.0 Å². The van der Waals surface area contributed by atoms with Crippen LogP contribution in [0.1, 0.15) is 25.7 Å². The number of nitrogens with zero attached hydrogens (tertiary/aromatic N) is 4. The van der Waals surface area contributed by atoms with Gasteiger partial charge in [0.1, 0.15) is 5.88 Å². The van der Waals surface area contributed by atoms with Crippen molar-refractivity contribution in [2.24, 2.45) is 0 Å². The highest BCUT2D eigenvalue weighted by Crippen LogP contribution is 2.14. The molecule has 1 N–H and O–H groups in total. The molecule has 1 aromatic heterocycles. The van der Waals surface area contributed by atoms with Crippen LogP contribution in [0.5, 0.6) is 0 Å². The van der Waals surface area contributed by atoms with E-state index in [1.807, 2.05) is 5.01 Å². The topological polar surface area (TPSA) is 84.5 Å². The molecule has 2 rings (SSSR count). The second-order valence-electron chi connectivity index (χ2n) is 3.72. The molecule has 0 spiro atoms. The number of carbonyl (C=O) groups is 1. The monoisotopic (exact) mass is 226 g/mol. The summed E-state index contributed by atoms with van der Waals surface area (Å²) >= 11 is 0. The van der Waals surface area contributed by atoms with E-state index in [1.54, 1.807) is 0 Å². The summed E-state index contributed by atoms with van der Waals surface area (Å²) in [5.74, 6) is 0.0109. The Morgan fingerprint density at radius 2 is 2.12 bits per heavy atom. The van der Waals surface area contributed by atoms with Crippen molar-refractivity contribution in [1.29, 1.82) is 0 Å². The molecule has 1 saturated heterocycles. The zero-order valence-corrected chi connectivity index (χ0v) is 8.87. The minimum absolute atomic E-state index is 0.0109. The lowest BCUT2D eigenvalue weighted by Crippen LogP contribution is -2.59. The smallest absolute Gasteiger partial charge is 0.257 e. The molecule has 0 atom stereocenters. The number of aromatic nitrogens is 2. The van der Waals surface area contributed by atoms with Crippen molar-refractivity contribution in [1.82, 2.24) is 5.27 Å². The van der Waals surface area contributed by atoms with E-state index in [4.69, 9.17) is 9.63 Å². The van der Waals surface area contributed by atoms with Gasteiger partial charge in [0.05, 0.1) is 17.9 Å². The van der Waals surface area contributed by atoms with Crippen molar-refractivity contribution in [3.05, 3.63) is 11.5 Å². The molecule has 1 aromatic rings. The molecule has 1 fully saturated rings. The summed E-state index contributed by atoms with van der Waals surface area (Å²) in [6, 6.07) is 0. The van der Waals surface area contributed by atoms with Crippen molar-refractivity contribution in [3.8, 4) is 0 Å². The Morgan fingerprint density at radius 1 is 1.44 bits per heavy atom. The lowest BCUT2D eigenvalue weighted by atomic mass is 10.2. The molecule has 0 aliphatic carbocycles. The van der Waals surface area contributed by atoms with Gasteiger partial charge in [0.25, 0.3) is 6.20 Å². The molecular weight excluding hydrogens is 212 g/mol. The first-order valence-corrected chi connectivity index (χ1v) is 5.34. The molecule has 1 amide bonds. The molecule has 0 unspecified atom stereocenters. The highest BCUT2D eigenvalue weighted by atomic mass is 16.5. The summed E-state index contributed by atoms with van der Waals surface area (Å²) in [5, 5.41) is 17.5. The van der Waals surface area contributed by atoms with Gasteiger partial charge < -0.3 is 14.9 Å². The van der Waals surface area contributed by atoms with Gasteiger partial charge in [-0.1, -0.05) is 12.8 Å². The largest absolute Gasteiger partial charge is 0.552 e. The number of hydrogen-bond donors (Lipinski definition) is 1. The van der Waals surface area contributed by atoms with Gasteiger partial charge in [-0.15, -0.1) is 0 Å². The minimum Gasteiger partial charge on any atom is -0.552 e. The fourth-order valence-electron chi connectivity index (χ4n) is 1.77. The summed E-state index contributed by atoms with van der Waals surface area (Å²) < 4.78 is 4.79. The molecule has 16 heavy (non-hydrogen) atoms. The molecule has 7 nitrogen and oxygen atoms in total. The highest BCUT2D eigenvalue weighted by molar-refractivity contribution is 5.86. The quantitative estimate of drug-likeness (QED) is 0.765. The number of rotatable bonds is 2. The maximum Gasteiger partial charge on any atom is 0.257 e. The van der Waals surface area contributed by atoms with Gasteiger partial charge in [-0.25, -0.2) is 0 Å². The molecule has 88 valence electrons. The summed E-state index contributed by atoms with van der Waals surface area (Å²) in [6.45, 7) is 1.81. The van der Waals surface area contributed by atoms with Gasteiger partial charge in [0, 0.05) is 0 Å². The molecule has 2 heterocycles. The SMILES string of the molecule is O=C(O)[N-]c1c[n+](N2CCCCCC2)no1. The second kappa shape index (κ2) is 4.82. The minimum atomic E-state index is -1.28. The maximum atomic E-state index is 10.3. The van der Waals surface area contributed by atoms with Gasteiger partial charge in [0.2, 0.25) is 11.4 Å². The first-order valence-electron chi connectivity index (χ1n) is 5.34. The zero-order chi connectivity index (χ0) is 11.4. The van der Waals surface area contributed by atoms with Crippen LogP contribution in [0.15, 0.2) is 10.7 Å². The van der Waals surface area contributed by atoms with Gasteiger partial charge in [0.15, 0.2) is 0 Å². The zero-order valence-electron chi connectivity index (χ0n) is 8.87. The molecule has 0 aromatic carbocycles. The van der Waals surface area contributed by atoms with Crippen LogP contribution in [0.2, 0.25) is 0 Å². The fourth-order valence-corrected chi connectivity index (χ4v) is 1.77. The van der Waals surface area contributed by atoms with Crippen LogP contribution in [0, 0.1) is 0 Å². The van der Waals surface area contributed by atoms with Crippen LogP contribution in [-0.2, 0) is 0 Å². The maximum absolute atomic E-state index is 10.3. The van der Waals surface area contributed by atoms with E-state index in [1.165, 1.54) is 23.8 Å². The number of hydrogen-bond acceptors (Lipinski definition) is 4. The molecular formula is C9H14N4O3. The summed E-state index contributed by atoms with van der Waals surface area (Å²) in [5.41, 5.74) is 0. The molecule has 0 radical (unpaired) electrons. The average molecular weight is 226 g/mol. The summed E-state index contributed by atoms with van der Waals surface area (Å²) in [6.07, 6.45) is 4.89. The van der Waals surface area contributed by atoms with E-state index in [-0.39, 0.29) is 5.88 Å². The normalized spacial score (nSPS) is 16.9. The fraction of sp³-hybridized carbons (Fsp3) is 0.667. The summed E-state index contributed by atoms with van der Waals surface area (Å²) in [7, 11) is 0. The molecule has 0 bridgehead atoms. The Balaban J connectivity index is 2.02. The van der Waals surface area contributed by atoms with Crippen LogP contribution in [-0.4, -0.2) is 29.6 Å². The Labute approximate surface area is 92.6 Å². The summed E-state index contributed by atoms with van der Waals surface area (Å²) in [4.78, 5) is 11.9. The van der Waals surface area contributed by atoms with Crippen molar-refractivity contribution in [3.63, 3.8) is 0 Å². The molecule has 7 heteroatoms. The van der Waals surface area contributed by atoms with Crippen molar-refractivity contribution in [2.45, 2.75) is 25.7 Å². The van der Waals surface area contributed by atoms with Crippen LogP contribution in [0.25, 0.3) is 5.32 Å². The molecule has 1 aliphatic heterocycles. The van der Waals surface area contributed by atoms with E-state index in [0.717, 1.165) is 25.9 Å². The highest BCUT2D eigenvalue weighted by Gasteiger charge is 2.19. The van der Waals surface area contributed by atoms with E-state index in [2.05, 4.69) is 10.6 Å². The van der Waals surface area contributed by atoms with Gasteiger partial charge in [-0.2, -0.15) is 5.01 Å². The average Bonchev–Trinajstić information content (AvgIpc) is 2.53.